The van der Waals surface area contributed by atoms with E-state index in [0.29, 0.717) is 0 Å². The number of ketones is 1. The number of carbonyl (C=O) groups excluding carboxylic acids is 3. The molecule has 9 radical (unpaired) electrons. The van der Waals surface area contributed by atoms with Crippen molar-refractivity contribution in [1.82, 2.24) is 0 Å². The quantitative estimate of drug-likeness (QED) is 0.0762. The number of esters is 2. The Morgan fingerprint density at radius 2 is 0.769 bits per heavy atom. The second kappa shape index (κ2) is 59.3. The molecule has 3 fully saturated rings. The Bertz CT molecular complexity index is 1020. The van der Waals surface area contributed by atoms with Crippen molar-refractivity contribution in [3.8, 4) is 0 Å². The molecule has 17 N–H and O–H groups in total. The summed E-state index contributed by atoms with van der Waals surface area (Å²) in [7, 11) is 4.76. The number of methoxy groups -OCH3 is 4. The zero-order chi connectivity index (χ0) is 44.0. The second-order valence-corrected chi connectivity index (χ2v) is 11.4. The van der Waals surface area contributed by atoms with E-state index in [1.165, 1.54) is 14.2 Å². The Morgan fingerprint density at radius 1 is 0.462 bits per heavy atom. The molecular weight excluding hydrogens is 2820 g/mol. The Labute approximate surface area is 696 Å². The van der Waals surface area contributed by atoms with E-state index in [9.17, 15) is 14.4 Å². The van der Waals surface area contributed by atoms with Crippen LogP contribution in [0.25, 0.3) is 0 Å². The maximum atomic E-state index is 10.5. The molecule has 3 rings (SSSR count). The molecule has 0 amide bonds. The van der Waals surface area contributed by atoms with Gasteiger partial charge in [-0.25, -0.2) is 9.59 Å². The van der Waals surface area contributed by atoms with Crippen molar-refractivity contribution in [2.24, 2.45) is 0 Å². The van der Waals surface area contributed by atoms with Gasteiger partial charge in [0.1, 0.15) is 73.8 Å². The Morgan fingerprint density at radius 3 is 0.969 bits per heavy atom. The molecule has 3 heterocycles. The first kappa shape index (κ1) is 101. The summed E-state index contributed by atoms with van der Waals surface area (Å²) in [6, 6.07) is 0. The van der Waals surface area contributed by atoms with Crippen LogP contribution in [-0.4, -0.2) is 270 Å². The summed E-state index contributed by atoms with van der Waals surface area (Å²) in [6.07, 6.45) is -21.2. The van der Waals surface area contributed by atoms with Crippen LogP contribution in [0, 0.1) is 397 Å². The van der Waals surface area contributed by atoms with Gasteiger partial charge in [0, 0.05) is 411 Å². The van der Waals surface area contributed by atoms with E-state index in [-0.39, 0.29) is 410 Å². The van der Waals surface area contributed by atoms with Gasteiger partial charge in [0.05, 0.1) is 40.6 Å². The minimum Gasteiger partial charge on any atom is -0.467 e. The van der Waals surface area contributed by atoms with Gasteiger partial charge < -0.3 is 120 Å². The second-order valence-electron chi connectivity index (χ2n) is 11.4. The van der Waals surface area contributed by atoms with E-state index in [2.05, 4.69) is 23.7 Å². The fraction of sp³-hybridized carbons (Fsp3) is 0.897. The topological polar surface area (TPSA) is 460 Å². The van der Waals surface area contributed by atoms with Crippen molar-refractivity contribution < 1.29 is 531 Å². The van der Waals surface area contributed by atoms with Gasteiger partial charge in [-0.2, -0.15) is 0 Å². The van der Waals surface area contributed by atoms with E-state index in [0.717, 1.165) is 14.2 Å². The molecular formula is C29H56Ac9O27. The Hall–Kier alpha value is 10.7. The van der Waals surface area contributed by atoms with Gasteiger partial charge in [0.25, 0.3) is 0 Å². The van der Waals surface area contributed by atoms with Crippen LogP contribution in [0.5, 0.6) is 0 Å². The van der Waals surface area contributed by atoms with Gasteiger partial charge >= 0.3 is 11.9 Å². The van der Waals surface area contributed by atoms with Crippen LogP contribution in [0.15, 0.2) is 0 Å². The zero-order valence-corrected chi connectivity index (χ0v) is 78.4. The molecule has 0 aromatic heterocycles. The standard InChI is InChI=1S/C6H12O6.C6H10O6.2C6H12O5.C5H10O5.9Ac/c2*1-12-6(11)5(10)4(9)3(8)2-7;2*1-10-6-5(9)4(8)3(2-7)11-6;6-1-2-3(7)4(8)5(9)10-2;;;;;;;;;/h3-5,7-10H,2H2,1H3;4-5,7,9-10H,2H2,1H3;2*3-9H,2H2,1H3;2-9H,1H2;;;;;;;;;/t;;;;2?,3-,4-,5?;;;;;;;;;/m....1........./s1. The van der Waals surface area contributed by atoms with Crippen LogP contribution in [-0.2, 0) is 47.5 Å². The Kier molecular flexibility index (Phi) is 92.1. The molecule has 15 unspecified atom stereocenters. The molecule has 17 atom stereocenters. The van der Waals surface area contributed by atoms with Crippen LogP contribution < -0.4 is 0 Å². The molecule has 27 nitrogen and oxygen atoms in total. The maximum absolute atomic E-state index is 10.5. The summed E-state index contributed by atoms with van der Waals surface area (Å²) in [4.78, 5) is 31.6. The van der Waals surface area contributed by atoms with Crippen LogP contribution in [0.2, 0.25) is 0 Å². The summed E-state index contributed by atoms with van der Waals surface area (Å²) in [5, 5.41) is 150. The van der Waals surface area contributed by atoms with E-state index in [1.807, 2.05) is 0 Å². The van der Waals surface area contributed by atoms with Crippen molar-refractivity contribution in [2.75, 3.05) is 61.5 Å². The van der Waals surface area contributed by atoms with E-state index < -0.39 is 142 Å². The van der Waals surface area contributed by atoms with Crippen LogP contribution in [0.1, 0.15) is 0 Å². The number of aliphatic hydroxyl groups excluding tert-OH is 17. The minimum atomic E-state index is -1.94. The summed E-state index contributed by atoms with van der Waals surface area (Å²) in [5.74, 6) is -3.22. The average Bonchev–Trinajstić information content (AvgIpc) is 3.77. The molecule has 36 heteroatoms. The van der Waals surface area contributed by atoms with Gasteiger partial charge in [0.2, 0.25) is 0 Å². The predicted octanol–water partition coefficient (Wildman–Crippen LogP) is -11.8. The molecule has 3 saturated heterocycles. The number of Topliss-reactive ketones (excluding diaryl/α,β-unsaturated/α-hetero) is 1. The third-order valence-corrected chi connectivity index (χ3v) is 7.55. The molecule has 0 spiro atoms. The summed E-state index contributed by atoms with van der Waals surface area (Å²) >= 11 is 0. The fourth-order valence-electron chi connectivity index (χ4n) is 4.10. The zero-order valence-electron chi connectivity index (χ0n) is 35.7. The summed E-state index contributed by atoms with van der Waals surface area (Å²) in [6.45, 7) is -2.73. The van der Waals surface area contributed by atoms with Gasteiger partial charge in [-0.3, -0.25) is 4.79 Å². The third-order valence-electron chi connectivity index (χ3n) is 7.55. The smallest absolute Gasteiger partial charge is 0.337 e. The predicted molar refractivity (Wildman–Crippen MR) is 173 cm³/mol. The van der Waals surface area contributed by atoms with E-state index >= 15 is 0 Å². The molecule has 0 bridgehead atoms. The van der Waals surface area contributed by atoms with Crippen LogP contribution in [0.3, 0.4) is 0 Å². The summed E-state index contributed by atoms with van der Waals surface area (Å²) < 4.78 is 31.9. The maximum Gasteiger partial charge on any atom is 0.337 e. The fourth-order valence-corrected chi connectivity index (χ4v) is 4.10. The van der Waals surface area contributed by atoms with Crippen molar-refractivity contribution in [1.29, 1.82) is 0 Å². The van der Waals surface area contributed by atoms with E-state index in [1.54, 1.807) is 0 Å². The Balaban J connectivity index is -0.0000000603. The van der Waals surface area contributed by atoms with Gasteiger partial charge in [-0.05, 0) is 0 Å². The minimum absolute atomic E-state index is 0. The first-order valence-corrected chi connectivity index (χ1v) is 16.1. The third kappa shape index (κ3) is 38.9. The monoisotopic (exact) mass is 2880 g/mol. The van der Waals surface area contributed by atoms with Crippen molar-refractivity contribution >= 4 is 17.7 Å². The molecule has 0 saturated carbocycles. The SMILES string of the molecule is COC(=O)C(O)C(O)C(=O)CO.COC(=O)C(O)C(O)C(O)CO.COC1OC(CO)C(O)C1O.COC1OC(CO)C(O)C1O.OCC1OC(O)[C@H](O)[C@@H]1O.[Ac].[Ac].[Ac].[Ac].[Ac].[Ac].[Ac].[Ac].[Ac]. The number of hydrogen-bond donors (Lipinski definition) is 17. The number of carbonyl (C=O) groups is 3. The number of rotatable bonds is 13. The number of aliphatic hydroxyl groups is 17. The van der Waals surface area contributed by atoms with Gasteiger partial charge in [0.15, 0.2) is 43.0 Å². The largest absolute Gasteiger partial charge is 0.467 e. The molecule has 0 aromatic rings. The van der Waals surface area contributed by atoms with Gasteiger partial charge in [-0.1, -0.05) is 0 Å². The number of ether oxygens (including phenoxy) is 7. The van der Waals surface area contributed by atoms with Gasteiger partial charge in [-0.15, -0.1) is 0 Å². The van der Waals surface area contributed by atoms with Crippen LogP contribution >= 0.6 is 0 Å². The number of hydrogen-bond acceptors (Lipinski definition) is 27. The molecule has 3 aliphatic heterocycles. The normalized spacial score (nSPS) is 28.6. The van der Waals surface area contributed by atoms with Crippen molar-refractivity contribution in [3.05, 3.63) is 0 Å². The molecule has 0 aliphatic carbocycles. The summed E-state index contributed by atoms with van der Waals surface area (Å²) in [5.41, 5.74) is 0. The average molecular weight is 2880 g/mol. The molecule has 65 heavy (non-hydrogen) atoms. The van der Waals surface area contributed by atoms with Crippen molar-refractivity contribution in [3.63, 3.8) is 0 Å². The van der Waals surface area contributed by atoms with Crippen LogP contribution in [0.4, 0.5) is 0 Å². The molecule has 3 aliphatic rings. The molecule has 0 aromatic carbocycles. The van der Waals surface area contributed by atoms with E-state index in [4.69, 9.17) is 96.3 Å². The first-order chi connectivity index (χ1) is 26.1. The van der Waals surface area contributed by atoms with Crippen molar-refractivity contribution in [2.45, 2.75) is 104 Å². The first-order valence-electron chi connectivity index (χ1n) is 16.1. The molecule has 361 valence electrons.